The van der Waals surface area contributed by atoms with Crippen molar-refractivity contribution >= 4 is 28.9 Å². The second-order valence-corrected chi connectivity index (χ2v) is 4.52. The fraction of sp³-hybridized carbons (Fsp3) is 0.0714. The van der Waals surface area contributed by atoms with Gasteiger partial charge in [0.25, 0.3) is 0 Å². The van der Waals surface area contributed by atoms with Crippen LogP contribution in [-0.4, -0.2) is 11.1 Å². The summed E-state index contributed by atoms with van der Waals surface area (Å²) >= 11 is 5.59. The Morgan fingerprint density at radius 2 is 2.00 bits per heavy atom. The Morgan fingerprint density at radius 3 is 2.63 bits per heavy atom. The third kappa shape index (κ3) is 3.03. The van der Waals surface area contributed by atoms with Gasteiger partial charge in [-0.25, -0.2) is 9.18 Å². The van der Waals surface area contributed by atoms with E-state index < -0.39 is 11.8 Å². The summed E-state index contributed by atoms with van der Waals surface area (Å²) in [5, 5.41) is 12.0. The summed E-state index contributed by atoms with van der Waals surface area (Å²) in [5.74, 6) is -1.60. The van der Waals surface area contributed by atoms with Gasteiger partial charge < -0.3 is 10.4 Å². The van der Waals surface area contributed by atoms with E-state index >= 15 is 0 Å². The lowest BCUT2D eigenvalue weighted by Crippen LogP contribution is -2.03. The molecule has 0 aromatic heterocycles. The zero-order valence-corrected chi connectivity index (χ0v) is 10.8. The molecule has 0 unspecified atom stereocenters. The second-order valence-electron chi connectivity index (χ2n) is 4.11. The van der Waals surface area contributed by atoms with E-state index in [0.29, 0.717) is 11.4 Å². The van der Waals surface area contributed by atoms with Gasteiger partial charge >= 0.3 is 5.97 Å². The van der Waals surface area contributed by atoms with Gasteiger partial charge in [-0.1, -0.05) is 17.7 Å². The molecule has 0 radical (unpaired) electrons. The van der Waals surface area contributed by atoms with Crippen LogP contribution >= 0.6 is 11.6 Å². The standard InChI is InChI=1S/C14H11ClFNO2/c1-8-2-4-10(14(18)19)13(6-8)17-9-3-5-11(15)12(16)7-9/h2-7,17H,1H3,(H,18,19). The number of halogens is 2. The summed E-state index contributed by atoms with van der Waals surface area (Å²) in [6.45, 7) is 1.85. The first-order valence-corrected chi connectivity index (χ1v) is 5.91. The number of anilines is 2. The lowest BCUT2D eigenvalue weighted by atomic mass is 10.1. The van der Waals surface area contributed by atoms with E-state index in [1.807, 2.05) is 6.92 Å². The molecule has 0 bridgehead atoms. The van der Waals surface area contributed by atoms with Crippen molar-refractivity contribution in [3.63, 3.8) is 0 Å². The number of aryl methyl sites for hydroxylation is 1. The largest absolute Gasteiger partial charge is 0.478 e. The summed E-state index contributed by atoms with van der Waals surface area (Å²) in [7, 11) is 0. The number of hydrogen-bond acceptors (Lipinski definition) is 2. The van der Waals surface area contributed by atoms with Crippen LogP contribution in [0.15, 0.2) is 36.4 Å². The maximum Gasteiger partial charge on any atom is 0.337 e. The van der Waals surface area contributed by atoms with E-state index in [-0.39, 0.29) is 10.6 Å². The molecule has 2 aromatic carbocycles. The zero-order valence-electron chi connectivity index (χ0n) is 10.1. The van der Waals surface area contributed by atoms with Gasteiger partial charge in [0.1, 0.15) is 5.82 Å². The Hall–Kier alpha value is -2.07. The normalized spacial score (nSPS) is 10.3. The van der Waals surface area contributed by atoms with E-state index in [0.717, 1.165) is 5.56 Å². The van der Waals surface area contributed by atoms with Crippen molar-refractivity contribution in [2.75, 3.05) is 5.32 Å². The number of rotatable bonds is 3. The molecule has 3 nitrogen and oxygen atoms in total. The first-order chi connectivity index (χ1) is 8.97. The summed E-state index contributed by atoms with van der Waals surface area (Å²) in [5.41, 5.74) is 1.88. The molecule has 0 atom stereocenters. The van der Waals surface area contributed by atoms with E-state index in [1.165, 1.54) is 18.2 Å². The number of benzene rings is 2. The van der Waals surface area contributed by atoms with E-state index in [9.17, 15) is 9.18 Å². The molecule has 0 spiro atoms. The van der Waals surface area contributed by atoms with Crippen molar-refractivity contribution in [3.8, 4) is 0 Å². The van der Waals surface area contributed by atoms with Gasteiger partial charge in [0.15, 0.2) is 0 Å². The van der Waals surface area contributed by atoms with E-state index in [2.05, 4.69) is 5.32 Å². The summed E-state index contributed by atoms with van der Waals surface area (Å²) in [6, 6.07) is 9.12. The average molecular weight is 280 g/mol. The Labute approximate surface area is 114 Å². The van der Waals surface area contributed by atoms with Crippen molar-refractivity contribution in [2.45, 2.75) is 6.92 Å². The van der Waals surface area contributed by atoms with Crippen LogP contribution in [0.5, 0.6) is 0 Å². The summed E-state index contributed by atoms with van der Waals surface area (Å²) in [6.07, 6.45) is 0. The molecule has 0 aliphatic carbocycles. The Kier molecular flexibility index (Phi) is 3.71. The van der Waals surface area contributed by atoms with Crippen molar-refractivity contribution in [1.82, 2.24) is 0 Å². The second kappa shape index (κ2) is 5.28. The van der Waals surface area contributed by atoms with Crippen LogP contribution in [0.2, 0.25) is 5.02 Å². The first-order valence-electron chi connectivity index (χ1n) is 5.53. The first kappa shape index (κ1) is 13.4. The van der Waals surface area contributed by atoms with Crippen LogP contribution in [0.1, 0.15) is 15.9 Å². The molecule has 2 N–H and O–H groups in total. The fourth-order valence-electron chi connectivity index (χ4n) is 1.68. The number of hydrogen-bond donors (Lipinski definition) is 2. The monoisotopic (exact) mass is 279 g/mol. The van der Waals surface area contributed by atoms with Crippen LogP contribution in [0.3, 0.4) is 0 Å². The number of nitrogens with one attached hydrogen (secondary N) is 1. The molecule has 0 heterocycles. The molecule has 5 heteroatoms. The molecule has 0 saturated carbocycles. The Balaban J connectivity index is 2.39. The molecule has 0 aliphatic rings. The highest BCUT2D eigenvalue weighted by atomic mass is 35.5. The Morgan fingerprint density at radius 1 is 1.26 bits per heavy atom. The Bertz CT molecular complexity index is 643. The highest BCUT2D eigenvalue weighted by Gasteiger charge is 2.10. The van der Waals surface area contributed by atoms with Crippen LogP contribution < -0.4 is 5.32 Å². The molecule has 98 valence electrons. The maximum absolute atomic E-state index is 13.3. The minimum atomic E-state index is -1.04. The van der Waals surface area contributed by atoms with Crippen molar-refractivity contribution in [3.05, 3.63) is 58.4 Å². The van der Waals surface area contributed by atoms with Crippen molar-refractivity contribution in [1.29, 1.82) is 0 Å². The topological polar surface area (TPSA) is 49.3 Å². The van der Waals surface area contributed by atoms with Gasteiger partial charge in [0, 0.05) is 5.69 Å². The molecule has 0 amide bonds. The summed E-state index contributed by atoms with van der Waals surface area (Å²) < 4.78 is 13.3. The van der Waals surface area contributed by atoms with Crippen LogP contribution in [0.25, 0.3) is 0 Å². The van der Waals surface area contributed by atoms with Crippen LogP contribution in [0, 0.1) is 12.7 Å². The third-order valence-corrected chi connectivity index (χ3v) is 2.91. The number of aromatic carboxylic acids is 1. The van der Waals surface area contributed by atoms with Crippen molar-refractivity contribution in [2.24, 2.45) is 0 Å². The highest BCUT2D eigenvalue weighted by Crippen LogP contribution is 2.25. The lowest BCUT2D eigenvalue weighted by molar-refractivity contribution is 0.0698. The third-order valence-electron chi connectivity index (χ3n) is 2.60. The molecule has 2 rings (SSSR count). The SMILES string of the molecule is Cc1ccc(C(=O)O)c(Nc2ccc(Cl)c(F)c2)c1. The summed E-state index contributed by atoms with van der Waals surface area (Å²) in [4.78, 5) is 11.1. The fourth-order valence-corrected chi connectivity index (χ4v) is 1.79. The predicted octanol–water partition coefficient (Wildman–Crippen LogP) is 4.23. The van der Waals surface area contributed by atoms with Crippen LogP contribution in [-0.2, 0) is 0 Å². The smallest absolute Gasteiger partial charge is 0.337 e. The quantitative estimate of drug-likeness (QED) is 0.884. The maximum atomic E-state index is 13.3. The molecule has 2 aromatic rings. The number of carboxylic acids is 1. The number of carboxylic acid groups (broad SMARTS) is 1. The zero-order chi connectivity index (χ0) is 14.0. The molecule has 19 heavy (non-hydrogen) atoms. The van der Waals surface area contributed by atoms with E-state index in [1.54, 1.807) is 18.2 Å². The van der Waals surface area contributed by atoms with Gasteiger partial charge in [-0.3, -0.25) is 0 Å². The average Bonchev–Trinajstić information content (AvgIpc) is 2.33. The molecular weight excluding hydrogens is 269 g/mol. The van der Waals surface area contributed by atoms with Crippen LogP contribution in [0.4, 0.5) is 15.8 Å². The molecule has 0 fully saturated rings. The molecule has 0 aliphatic heterocycles. The number of carbonyl (C=O) groups is 1. The highest BCUT2D eigenvalue weighted by molar-refractivity contribution is 6.30. The minimum absolute atomic E-state index is 0.0215. The van der Waals surface area contributed by atoms with Gasteiger partial charge in [-0.15, -0.1) is 0 Å². The minimum Gasteiger partial charge on any atom is -0.478 e. The lowest BCUT2D eigenvalue weighted by Gasteiger charge is -2.11. The van der Waals surface area contributed by atoms with Crippen molar-refractivity contribution < 1.29 is 14.3 Å². The molecular formula is C14H11ClFNO2. The molecule has 0 saturated heterocycles. The van der Waals surface area contributed by atoms with E-state index in [4.69, 9.17) is 16.7 Å². The van der Waals surface area contributed by atoms with Gasteiger partial charge in [0.05, 0.1) is 16.3 Å². The predicted molar refractivity (Wildman–Crippen MR) is 72.8 cm³/mol. The van der Waals surface area contributed by atoms with Gasteiger partial charge in [-0.2, -0.15) is 0 Å². The van der Waals surface area contributed by atoms with Gasteiger partial charge in [-0.05, 0) is 42.8 Å². The van der Waals surface area contributed by atoms with Gasteiger partial charge in [0.2, 0.25) is 0 Å².